The third-order valence-electron chi connectivity index (χ3n) is 1.52. The van der Waals surface area contributed by atoms with Crippen LogP contribution in [0.5, 0.6) is 0 Å². The first-order valence-electron chi connectivity index (χ1n) is 3.81. The summed E-state index contributed by atoms with van der Waals surface area (Å²) in [4.78, 5) is 10.3. The third kappa shape index (κ3) is 6.06. The van der Waals surface area contributed by atoms with Gasteiger partial charge >= 0.3 is 5.97 Å². The van der Waals surface area contributed by atoms with Crippen molar-refractivity contribution in [3.8, 4) is 0 Å². The van der Waals surface area contributed by atoms with E-state index >= 15 is 0 Å². The van der Waals surface area contributed by atoms with Gasteiger partial charge in [-0.2, -0.15) is 0 Å². The van der Waals surface area contributed by atoms with Gasteiger partial charge in [0, 0.05) is 8.07 Å². The first kappa shape index (κ1) is 10.6. The summed E-state index contributed by atoms with van der Waals surface area (Å²) in [5.41, 5.74) is 5.35. The van der Waals surface area contributed by atoms with E-state index < -0.39 is 20.1 Å². The number of carboxylic acids is 1. The molecule has 0 rings (SSSR count). The second kappa shape index (κ2) is 3.87. The van der Waals surface area contributed by atoms with E-state index in [1.165, 1.54) is 0 Å². The zero-order valence-electron chi connectivity index (χ0n) is 7.42. The lowest BCUT2D eigenvalue weighted by atomic mass is 10.2. The summed E-state index contributed by atoms with van der Waals surface area (Å²) in [6, 6.07) is 0.322. The van der Waals surface area contributed by atoms with Crippen LogP contribution in [0, 0.1) is 0 Å². The van der Waals surface area contributed by atoms with Crippen LogP contribution in [0.25, 0.3) is 0 Å². The fourth-order valence-corrected chi connectivity index (χ4v) is 1.89. The van der Waals surface area contributed by atoms with Crippen molar-refractivity contribution in [1.29, 1.82) is 0 Å². The second-order valence-electron chi connectivity index (χ2n) is 4.04. The highest BCUT2D eigenvalue weighted by Crippen LogP contribution is 2.11. The average molecular weight is 175 g/mol. The van der Waals surface area contributed by atoms with E-state index in [4.69, 9.17) is 10.8 Å². The molecule has 0 spiro atoms. The molecule has 0 aromatic rings. The zero-order chi connectivity index (χ0) is 9.07. The fraction of sp³-hybridized carbons (Fsp3) is 0.857. The molecule has 0 saturated carbocycles. The molecule has 1 atom stereocenters. The van der Waals surface area contributed by atoms with Gasteiger partial charge in [-0.25, -0.2) is 0 Å². The Balaban J connectivity index is 3.63. The molecule has 0 aliphatic rings. The van der Waals surface area contributed by atoms with Crippen LogP contribution in [0.1, 0.15) is 6.42 Å². The smallest absolute Gasteiger partial charge is 0.320 e. The summed E-state index contributed by atoms with van der Waals surface area (Å²) in [5, 5.41) is 8.47. The number of hydrogen-bond donors (Lipinski definition) is 2. The maximum absolute atomic E-state index is 10.3. The summed E-state index contributed by atoms with van der Waals surface area (Å²) in [6.45, 7) is 6.63. The molecule has 0 radical (unpaired) electrons. The van der Waals surface area contributed by atoms with Gasteiger partial charge in [-0.15, -0.1) is 0 Å². The Morgan fingerprint density at radius 3 is 2.27 bits per heavy atom. The highest BCUT2D eigenvalue weighted by molar-refractivity contribution is 6.76. The largest absolute Gasteiger partial charge is 0.480 e. The van der Waals surface area contributed by atoms with E-state index in [9.17, 15) is 4.79 Å². The highest BCUT2D eigenvalue weighted by atomic mass is 28.3. The number of hydrogen-bond acceptors (Lipinski definition) is 2. The van der Waals surface area contributed by atoms with Crippen LogP contribution in [-0.4, -0.2) is 25.2 Å². The monoisotopic (exact) mass is 175 g/mol. The van der Waals surface area contributed by atoms with Crippen molar-refractivity contribution < 1.29 is 9.90 Å². The Morgan fingerprint density at radius 1 is 1.55 bits per heavy atom. The topological polar surface area (TPSA) is 63.3 Å². The van der Waals surface area contributed by atoms with Gasteiger partial charge < -0.3 is 10.8 Å². The van der Waals surface area contributed by atoms with Crippen molar-refractivity contribution >= 4 is 14.0 Å². The summed E-state index contributed by atoms with van der Waals surface area (Å²) < 4.78 is 0. The van der Waals surface area contributed by atoms with Crippen molar-refractivity contribution in [1.82, 2.24) is 0 Å². The number of rotatable bonds is 4. The van der Waals surface area contributed by atoms with Gasteiger partial charge in [0.2, 0.25) is 0 Å². The van der Waals surface area contributed by atoms with E-state index in [0.717, 1.165) is 6.04 Å². The highest BCUT2D eigenvalue weighted by Gasteiger charge is 2.17. The van der Waals surface area contributed by atoms with Crippen LogP contribution in [0.2, 0.25) is 25.7 Å². The number of nitrogens with two attached hydrogens (primary N) is 1. The van der Waals surface area contributed by atoms with Gasteiger partial charge in [0.1, 0.15) is 6.04 Å². The minimum Gasteiger partial charge on any atom is -0.480 e. The Morgan fingerprint density at radius 2 is 2.00 bits per heavy atom. The van der Waals surface area contributed by atoms with Crippen molar-refractivity contribution in [2.24, 2.45) is 5.73 Å². The molecule has 3 nitrogen and oxygen atoms in total. The van der Waals surface area contributed by atoms with Crippen LogP contribution in [0.4, 0.5) is 0 Å². The Kier molecular flexibility index (Phi) is 3.75. The summed E-state index contributed by atoms with van der Waals surface area (Å²) in [7, 11) is -1.11. The van der Waals surface area contributed by atoms with E-state index in [0.29, 0.717) is 6.42 Å². The molecule has 0 amide bonds. The fourth-order valence-electron chi connectivity index (χ4n) is 0.712. The van der Waals surface area contributed by atoms with Crippen LogP contribution in [0.15, 0.2) is 0 Å². The lowest BCUT2D eigenvalue weighted by Crippen LogP contribution is -2.33. The first-order chi connectivity index (χ1) is 4.83. The Labute approximate surface area is 68.6 Å². The molecule has 0 aromatic heterocycles. The SMILES string of the molecule is C[Si](C)(C)CC[C@H](N)C(=O)O. The van der Waals surface area contributed by atoms with Crippen molar-refractivity contribution in [2.75, 3.05) is 0 Å². The summed E-state index contributed by atoms with van der Waals surface area (Å²) in [6.07, 6.45) is 0.616. The molecule has 0 aliphatic carbocycles. The van der Waals surface area contributed by atoms with Gasteiger partial charge in [-0.05, 0) is 6.42 Å². The number of carboxylic acid groups (broad SMARTS) is 1. The second-order valence-corrected chi connectivity index (χ2v) is 9.67. The summed E-state index contributed by atoms with van der Waals surface area (Å²) in [5.74, 6) is -0.886. The average Bonchev–Trinajstić information content (AvgIpc) is 1.80. The molecule has 0 saturated heterocycles. The van der Waals surface area contributed by atoms with Gasteiger partial charge in [0.25, 0.3) is 0 Å². The van der Waals surface area contributed by atoms with Crippen LogP contribution in [-0.2, 0) is 4.79 Å². The minimum atomic E-state index is -1.11. The Bertz CT molecular complexity index is 142. The quantitative estimate of drug-likeness (QED) is 0.629. The van der Waals surface area contributed by atoms with Crippen LogP contribution < -0.4 is 5.73 Å². The molecule has 4 heteroatoms. The zero-order valence-corrected chi connectivity index (χ0v) is 8.42. The predicted octanol–water partition coefficient (Wildman–Crippen LogP) is 1.13. The minimum absolute atomic E-state index is 0.616. The van der Waals surface area contributed by atoms with Crippen molar-refractivity contribution in [3.05, 3.63) is 0 Å². The lowest BCUT2D eigenvalue weighted by molar-refractivity contribution is -0.138. The van der Waals surface area contributed by atoms with E-state index in [2.05, 4.69) is 19.6 Å². The number of aliphatic carboxylic acids is 1. The third-order valence-corrected chi connectivity index (χ3v) is 3.31. The molecule has 3 N–H and O–H groups in total. The molecule has 11 heavy (non-hydrogen) atoms. The molecule has 0 aromatic carbocycles. The van der Waals surface area contributed by atoms with E-state index in [1.54, 1.807) is 0 Å². The van der Waals surface area contributed by atoms with Crippen molar-refractivity contribution in [2.45, 2.75) is 38.1 Å². The predicted molar refractivity (Wildman–Crippen MR) is 48.4 cm³/mol. The normalized spacial score (nSPS) is 14.5. The van der Waals surface area contributed by atoms with E-state index in [-0.39, 0.29) is 0 Å². The first-order valence-corrected chi connectivity index (χ1v) is 7.52. The van der Waals surface area contributed by atoms with Gasteiger partial charge in [-0.3, -0.25) is 4.79 Å². The van der Waals surface area contributed by atoms with Gasteiger partial charge in [0.15, 0.2) is 0 Å². The van der Waals surface area contributed by atoms with Crippen LogP contribution in [0.3, 0.4) is 0 Å². The molecule has 0 unspecified atom stereocenters. The number of carbonyl (C=O) groups is 1. The molecule has 0 bridgehead atoms. The van der Waals surface area contributed by atoms with Gasteiger partial charge in [0.05, 0.1) is 0 Å². The van der Waals surface area contributed by atoms with Crippen molar-refractivity contribution in [3.63, 3.8) is 0 Å². The Hall–Kier alpha value is -0.353. The maximum atomic E-state index is 10.3. The van der Waals surface area contributed by atoms with Gasteiger partial charge in [-0.1, -0.05) is 25.7 Å². The molecule has 0 aliphatic heterocycles. The molecule has 66 valence electrons. The molecule has 0 heterocycles. The van der Waals surface area contributed by atoms with Crippen LogP contribution >= 0.6 is 0 Å². The maximum Gasteiger partial charge on any atom is 0.320 e. The molecular formula is C7H17NO2Si. The van der Waals surface area contributed by atoms with E-state index in [1.807, 2.05) is 0 Å². The molecule has 0 fully saturated rings. The molecular weight excluding hydrogens is 158 g/mol. The summed E-state index contributed by atoms with van der Waals surface area (Å²) >= 11 is 0. The lowest BCUT2D eigenvalue weighted by Gasteiger charge is -2.16. The standard InChI is InChI=1S/C7H17NO2Si/c1-11(2,3)5-4-6(8)7(9)10/h6H,4-5,8H2,1-3H3,(H,9,10)/t6-/m0/s1.